The minimum absolute atomic E-state index is 0.527. The zero-order chi connectivity index (χ0) is 9.84. The molecule has 4 heteroatoms. The molecule has 0 aromatic heterocycles. The van der Waals surface area contributed by atoms with Gasteiger partial charge in [0.1, 0.15) is 6.07 Å². The van der Waals surface area contributed by atoms with Gasteiger partial charge in [-0.2, -0.15) is 10.5 Å². The predicted molar refractivity (Wildman–Crippen MR) is 52.9 cm³/mol. The van der Waals surface area contributed by atoms with Crippen molar-refractivity contribution in [1.29, 1.82) is 10.5 Å². The molecule has 0 aliphatic carbocycles. The molecular formula is C9H6BrN3. The molecule has 0 spiro atoms. The van der Waals surface area contributed by atoms with Gasteiger partial charge in [-0.05, 0) is 34.1 Å². The van der Waals surface area contributed by atoms with Crippen molar-refractivity contribution in [3.8, 4) is 12.3 Å². The Morgan fingerprint density at radius 1 is 1.38 bits per heavy atom. The molecule has 1 aromatic carbocycles. The maximum Gasteiger partial charge on any atom is 0.183 e. The molecule has 1 aromatic rings. The van der Waals surface area contributed by atoms with E-state index in [2.05, 4.69) is 15.9 Å². The van der Waals surface area contributed by atoms with Gasteiger partial charge >= 0.3 is 0 Å². The van der Waals surface area contributed by atoms with E-state index in [1.807, 2.05) is 12.3 Å². The van der Waals surface area contributed by atoms with Gasteiger partial charge in [-0.25, -0.2) is 0 Å². The van der Waals surface area contributed by atoms with E-state index in [0.717, 1.165) is 4.47 Å². The van der Waals surface area contributed by atoms with Gasteiger partial charge < -0.3 is 0 Å². The van der Waals surface area contributed by atoms with Gasteiger partial charge in [-0.15, -0.1) is 0 Å². The van der Waals surface area contributed by atoms with Crippen LogP contribution in [0.3, 0.4) is 0 Å². The van der Waals surface area contributed by atoms with Crippen LogP contribution in [-0.4, -0.2) is 7.05 Å². The van der Waals surface area contributed by atoms with Crippen LogP contribution in [0.5, 0.6) is 0 Å². The first kappa shape index (κ1) is 9.57. The van der Waals surface area contributed by atoms with Gasteiger partial charge in [0.15, 0.2) is 6.19 Å². The highest BCUT2D eigenvalue weighted by atomic mass is 79.9. The van der Waals surface area contributed by atoms with Gasteiger partial charge in [-0.1, -0.05) is 0 Å². The van der Waals surface area contributed by atoms with Gasteiger partial charge in [0.25, 0.3) is 0 Å². The van der Waals surface area contributed by atoms with Crippen molar-refractivity contribution < 1.29 is 0 Å². The topological polar surface area (TPSA) is 50.8 Å². The summed E-state index contributed by atoms with van der Waals surface area (Å²) in [5.41, 5.74) is 1.24. The molecule has 0 radical (unpaired) electrons. The van der Waals surface area contributed by atoms with E-state index in [0.29, 0.717) is 11.3 Å². The fourth-order valence-corrected chi connectivity index (χ4v) is 1.20. The molecular weight excluding hydrogens is 230 g/mol. The van der Waals surface area contributed by atoms with Crippen LogP contribution in [0.1, 0.15) is 5.56 Å². The third-order valence-electron chi connectivity index (χ3n) is 1.61. The van der Waals surface area contributed by atoms with E-state index in [1.54, 1.807) is 25.2 Å². The van der Waals surface area contributed by atoms with Crippen LogP contribution in [0, 0.1) is 22.8 Å². The number of benzene rings is 1. The van der Waals surface area contributed by atoms with E-state index in [9.17, 15) is 0 Å². The smallest absolute Gasteiger partial charge is 0.183 e. The van der Waals surface area contributed by atoms with Gasteiger partial charge in [0.05, 0.1) is 11.3 Å². The molecule has 0 atom stereocenters. The van der Waals surface area contributed by atoms with Crippen LogP contribution >= 0.6 is 15.9 Å². The monoisotopic (exact) mass is 235 g/mol. The maximum atomic E-state index is 8.72. The summed E-state index contributed by atoms with van der Waals surface area (Å²) in [5, 5.41) is 17.3. The van der Waals surface area contributed by atoms with Crippen LogP contribution < -0.4 is 4.90 Å². The highest BCUT2D eigenvalue weighted by Gasteiger charge is 2.03. The average Bonchev–Trinajstić information content (AvgIpc) is 2.17. The van der Waals surface area contributed by atoms with Crippen LogP contribution in [0.4, 0.5) is 5.69 Å². The molecule has 0 fully saturated rings. The Hall–Kier alpha value is -1.52. The SMILES string of the molecule is CN(C#N)c1ccc(Br)c(C#N)c1. The molecule has 0 heterocycles. The van der Waals surface area contributed by atoms with Crippen LogP contribution in [0.15, 0.2) is 22.7 Å². The molecule has 0 saturated heterocycles. The summed E-state index contributed by atoms with van der Waals surface area (Å²) in [6.07, 6.45) is 1.96. The van der Waals surface area contributed by atoms with E-state index in [-0.39, 0.29) is 0 Å². The lowest BCUT2D eigenvalue weighted by Crippen LogP contribution is -2.07. The zero-order valence-corrected chi connectivity index (χ0v) is 8.54. The van der Waals surface area contributed by atoms with Crippen molar-refractivity contribution in [2.75, 3.05) is 11.9 Å². The molecule has 0 unspecified atom stereocenters. The van der Waals surface area contributed by atoms with E-state index in [4.69, 9.17) is 10.5 Å². The zero-order valence-electron chi connectivity index (χ0n) is 6.95. The molecule has 1 rings (SSSR count). The average molecular weight is 236 g/mol. The first-order valence-corrected chi connectivity index (χ1v) is 4.31. The molecule has 0 N–H and O–H groups in total. The number of nitrogens with zero attached hydrogens (tertiary/aromatic N) is 3. The normalized spacial score (nSPS) is 8.62. The summed E-state index contributed by atoms with van der Waals surface area (Å²) >= 11 is 3.24. The van der Waals surface area contributed by atoms with Crippen LogP contribution in [0.25, 0.3) is 0 Å². The summed E-state index contributed by atoms with van der Waals surface area (Å²) in [6, 6.07) is 7.22. The Balaban J connectivity index is 3.17. The van der Waals surface area contributed by atoms with Gasteiger partial charge in [0.2, 0.25) is 0 Å². The summed E-state index contributed by atoms with van der Waals surface area (Å²) in [7, 11) is 1.64. The summed E-state index contributed by atoms with van der Waals surface area (Å²) < 4.78 is 0.741. The lowest BCUT2D eigenvalue weighted by Gasteiger charge is -2.08. The number of nitriles is 2. The summed E-state index contributed by atoms with van der Waals surface area (Å²) in [6.45, 7) is 0. The Morgan fingerprint density at radius 3 is 2.62 bits per heavy atom. The van der Waals surface area contributed by atoms with E-state index < -0.39 is 0 Å². The van der Waals surface area contributed by atoms with Crippen molar-refractivity contribution >= 4 is 21.6 Å². The maximum absolute atomic E-state index is 8.72. The minimum atomic E-state index is 0.527. The molecule has 13 heavy (non-hydrogen) atoms. The standard InChI is InChI=1S/C9H6BrN3/c1-13(6-12)8-2-3-9(10)7(4-8)5-11/h2-4H,1H3. The first-order chi connectivity index (χ1) is 6.19. The third kappa shape index (κ3) is 1.99. The summed E-state index contributed by atoms with van der Waals surface area (Å²) in [4.78, 5) is 1.40. The van der Waals surface area contributed by atoms with Gasteiger partial charge in [-0.3, -0.25) is 4.90 Å². The second kappa shape index (κ2) is 3.93. The molecule has 64 valence electrons. The Morgan fingerprint density at radius 2 is 2.08 bits per heavy atom. The number of halogens is 1. The molecule has 0 saturated carbocycles. The van der Waals surface area contributed by atoms with Gasteiger partial charge in [0, 0.05) is 11.5 Å². The minimum Gasteiger partial charge on any atom is -0.283 e. The van der Waals surface area contributed by atoms with Crippen LogP contribution in [-0.2, 0) is 0 Å². The molecule has 3 nitrogen and oxygen atoms in total. The van der Waals surface area contributed by atoms with Crippen molar-refractivity contribution in [2.45, 2.75) is 0 Å². The fourth-order valence-electron chi connectivity index (χ4n) is 0.865. The number of rotatable bonds is 1. The third-order valence-corrected chi connectivity index (χ3v) is 2.30. The fraction of sp³-hybridized carbons (Fsp3) is 0.111. The Labute approximate surface area is 84.9 Å². The Kier molecular flexibility index (Phi) is 2.89. The highest BCUT2D eigenvalue weighted by Crippen LogP contribution is 2.21. The molecule has 0 amide bonds. The number of hydrogen-bond donors (Lipinski definition) is 0. The van der Waals surface area contributed by atoms with Crippen molar-refractivity contribution in [2.24, 2.45) is 0 Å². The molecule has 0 aliphatic rings. The lowest BCUT2D eigenvalue weighted by molar-refractivity contribution is 1.20. The second-order valence-corrected chi connectivity index (χ2v) is 3.29. The quantitative estimate of drug-likeness (QED) is 0.555. The molecule has 0 aliphatic heterocycles. The Bertz CT molecular complexity index is 400. The second-order valence-electron chi connectivity index (χ2n) is 2.43. The lowest BCUT2D eigenvalue weighted by atomic mass is 10.2. The predicted octanol–water partition coefficient (Wildman–Crippen LogP) is 2.24. The number of hydrogen-bond acceptors (Lipinski definition) is 3. The first-order valence-electron chi connectivity index (χ1n) is 3.52. The summed E-state index contributed by atoms with van der Waals surface area (Å²) in [5.74, 6) is 0. The van der Waals surface area contributed by atoms with Crippen LogP contribution in [0.2, 0.25) is 0 Å². The van der Waals surface area contributed by atoms with E-state index in [1.165, 1.54) is 4.90 Å². The van der Waals surface area contributed by atoms with Crippen molar-refractivity contribution in [3.63, 3.8) is 0 Å². The molecule has 0 bridgehead atoms. The van der Waals surface area contributed by atoms with E-state index >= 15 is 0 Å². The largest absolute Gasteiger partial charge is 0.283 e. The van der Waals surface area contributed by atoms with Crippen molar-refractivity contribution in [1.82, 2.24) is 0 Å². The van der Waals surface area contributed by atoms with Crippen molar-refractivity contribution in [3.05, 3.63) is 28.2 Å². The number of anilines is 1. The highest BCUT2D eigenvalue weighted by molar-refractivity contribution is 9.10.